The number of nitrogens with zero attached hydrogens (tertiary/aromatic N) is 2. The summed E-state index contributed by atoms with van der Waals surface area (Å²) in [6.45, 7) is 7.43. The van der Waals surface area contributed by atoms with Crippen molar-refractivity contribution in [2.75, 3.05) is 17.1 Å². The number of hydrogen-bond acceptors (Lipinski definition) is 4. The van der Waals surface area contributed by atoms with E-state index in [0.717, 1.165) is 27.3 Å². The number of anilines is 1. The van der Waals surface area contributed by atoms with Crippen LogP contribution in [-0.2, 0) is 32.6 Å². The van der Waals surface area contributed by atoms with E-state index < -0.39 is 28.5 Å². The third-order valence-electron chi connectivity index (χ3n) is 6.47. The van der Waals surface area contributed by atoms with Gasteiger partial charge in [-0.05, 0) is 60.7 Å². The second-order valence-corrected chi connectivity index (χ2v) is 12.9. The van der Waals surface area contributed by atoms with Crippen LogP contribution in [0, 0.1) is 0 Å². The van der Waals surface area contributed by atoms with Crippen LogP contribution in [0.15, 0.2) is 78.9 Å². The predicted molar refractivity (Wildman–Crippen MR) is 162 cm³/mol. The smallest absolute Gasteiger partial charge is 0.244 e. The highest BCUT2D eigenvalue weighted by Gasteiger charge is 2.33. The summed E-state index contributed by atoms with van der Waals surface area (Å²) >= 11 is 6.24. The van der Waals surface area contributed by atoms with Gasteiger partial charge in [-0.25, -0.2) is 8.42 Å². The van der Waals surface area contributed by atoms with Crippen molar-refractivity contribution in [2.45, 2.75) is 58.7 Å². The number of benzene rings is 3. The van der Waals surface area contributed by atoms with Crippen LogP contribution in [0.4, 0.5) is 5.69 Å². The van der Waals surface area contributed by atoms with Gasteiger partial charge in [0.05, 0.1) is 11.9 Å². The van der Waals surface area contributed by atoms with Crippen molar-refractivity contribution in [3.05, 3.63) is 101 Å². The maximum absolute atomic E-state index is 14.1. The van der Waals surface area contributed by atoms with E-state index in [4.69, 9.17) is 11.6 Å². The van der Waals surface area contributed by atoms with Gasteiger partial charge in [-0.2, -0.15) is 0 Å². The van der Waals surface area contributed by atoms with Crippen molar-refractivity contribution < 1.29 is 18.0 Å². The molecule has 2 amide bonds. The number of sulfonamides is 1. The lowest BCUT2D eigenvalue weighted by Gasteiger charge is -2.34. The first-order valence-corrected chi connectivity index (χ1v) is 15.5. The lowest BCUT2D eigenvalue weighted by atomic mass is 10.0. The van der Waals surface area contributed by atoms with Crippen LogP contribution in [0.25, 0.3) is 0 Å². The molecule has 1 atom stereocenters. The van der Waals surface area contributed by atoms with Crippen molar-refractivity contribution in [2.24, 2.45) is 0 Å². The topological polar surface area (TPSA) is 86.8 Å². The minimum absolute atomic E-state index is 0.0757. The Bertz CT molecular complexity index is 1390. The quantitative estimate of drug-likeness (QED) is 0.309. The highest BCUT2D eigenvalue weighted by molar-refractivity contribution is 7.92. The Morgan fingerprint density at radius 1 is 0.875 bits per heavy atom. The lowest BCUT2D eigenvalue weighted by Crippen LogP contribution is -2.54. The molecule has 3 rings (SSSR count). The summed E-state index contributed by atoms with van der Waals surface area (Å²) in [5, 5.41) is 3.44. The van der Waals surface area contributed by atoms with Gasteiger partial charge in [0.2, 0.25) is 21.8 Å². The summed E-state index contributed by atoms with van der Waals surface area (Å²) < 4.78 is 26.9. The average Bonchev–Trinajstić information content (AvgIpc) is 2.88. The molecule has 7 nitrogen and oxygen atoms in total. The van der Waals surface area contributed by atoms with Gasteiger partial charge in [0.1, 0.15) is 12.6 Å². The standard InChI is InChI=1S/C31H38ClN3O4S/c1-22(2)26-14-16-28(17-15-26)35(40(5,38)39)21-30(36)34(20-25-12-9-13-27(32)18-25)29(31(37)33-23(3)4)19-24-10-7-6-8-11-24/h6-18,22-23,29H,19-21H2,1-5H3,(H,33,37)/t29-/m0/s1. The molecule has 1 N–H and O–H groups in total. The zero-order valence-corrected chi connectivity index (χ0v) is 25.2. The molecule has 0 bridgehead atoms. The van der Waals surface area contributed by atoms with Gasteiger partial charge < -0.3 is 10.2 Å². The van der Waals surface area contributed by atoms with Crippen molar-refractivity contribution in [3.63, 3.8) is 0 Å². The van der Waals surface area contributed by atoms with Gasteiger partial charge in [0.15, 0.2) is 0 Å². The molecule has 214 valence electrons. The summed E-state index contributed by atoms with van der Waals surface area (Å²) in [7, 11) is -3.82. The van der Waals surface area contributed by atoms with Crippen LogP contribution in [-0.4, -0.2) is 50.0 Å². The molecular formula is C31H38ClN3O4S. The van der Waals surface area contributed by atoms with Gasteiger partial charge in [-0.3, -0.25) is 13.9 Å². The molecule has 0 saturated carbocycles. The van der Waals surface area contributed by atoms with Gasteiger partial charge in [0, 0.05) is 24.0 Å². The van der Waals surface area contributed by atoms with Crippen LogP contribution in [0.1, 0.15) is 50.3 Å². The summed E-state index contributed by atoms with van der Waals surface area (Å²) in [4.78, 5) is 29.1. The van der Waals surface area contributed by atoms with Crippen molar-refractivity contribution >= 4 is 39.1 Å². The molecule has 0 fully saturated rings. The van der Waals surface area contributed by atoms with Gasteiger partial charge in [0.25, 0.3) is 0 Å². The van der Waals surface area contributed by atoms with Crippen LogP contribution >= 0.6 is 11.6 Å². The molecule has 3 aromatic rings. The second-order valence-electron chi connectivity index (χ2n) is 10.5. The Labute approximate surface area is 243 Å². The Hall–Kier alpha value is -3.36. The molecule has 40 heavy (non-hydrogen) atoms. The SMILES string of the molecule is CC(C)NC(=O)[C@H](Cc1ccccc1)N(Cc1cccc(Cl)c1)C(=O)CN(c1ccc(C(C)C)cc1)S(C)(=O)=O. The van der Waals surface area contributed by atoms with Gasteiger partial charge in [-0.15, -0.1) is 0 Å². The maximum atomic E-state index is 14.1. The Kier molecular flexibility index (Phi) is 10.8. The fourth-order valence-corrected chi connectivity index (χ4v) is 5.47. The summed E-state index contributed by atoms with van der Waals surface area (Å²) in [5.41, 5.74) is 3.04. The number of carbonyl (C=O) groups excluding carboxylic acids is 2. The summed E-state index contributed by atoms with van der Waals surface area (Å²) in [6, 6.07) is 22.6. The summed E-state index contributed by atoms with van der Waals surface area (Å²) in [6.07, 6.45) is 1.33. The van der Waals surface area contributed by atoms with E-state index in [1.807, 2.05) is 62.4 Å². The van der Waals surface area contributed by atoms with Crippen LogP contribution in [0.3, 0.4) is 0 Å². The van der Waals surface area contributed by atoms with E-state index in [1.165, 1.54) is 4.90 Å². The number of carbonyl (C=O) groups is 2. The highest BCUT2D eigenvalue weighted by Crippen LogP contribution is 2.24. The first-order valence-electron chi connectivity index (χ1n) is 13.3. The Balaban J connectivity index is 2.04. The van der Waals surface area contributed by atoms with Crippen molar-refractivity contribution in [1.82, 2.24) is 10.2 Å². The Morgan fingerprint density at radius 3 is 2.05 bits per heavy atom. The van der Waals surface area contributed by atoms with E-state index in [-0.39, 0.29) is 30.8 Å². The minimum atomic E-state index is -3.82. The molecule has 0 unspecified atom stereocenters. The number of halogens is 1. The van der Waals surface area contributed by atoms with Gasteiger partial charge in [-0.1, -0.05) is 80.0 Å². The van der Waals surface area contributed by atoms with E-state index in [1.54, 1.807) is 30.3 Å². The molecule has 0 aliphatic rings. The molecule has 0 aromatic heterocycles. The second kappa shape index (κ2) is 13.8. The van der Waals surface area contributed by atoms with Crippen LogP contribution < -0.4 is 9.62 Å². The third kappa shape index (κ3) is 8.83. The van der Waals surface area contributed by atoms with E-state index in [0.29, 0.717) is 10.7 Å². The van der Waals surface area contributed by atoms with Crippen LogP contribution in [0.5, 0.6) is 0 Å². The number of rotatable bonds is 12. The van der Waals surface area contributed by atoms with E-state index in [2.05, 4.69) is 19.2 Å². The van der Waals surface area contributed by atoms with Crippen molar-refractivity contribution in [1.29, 1.82) is 0 Å². The lowest BCUT2D eigenvalue weighted by molar-refractivity contribution is -0.140. The Morgan fingerprint density at radius 2 is 1.50 bits per heavy atom. The zero-order valence-electron chi connectivity index (χ0n) is 23.7. The highest BCUT2D eigenvalue weighted by atomic mass is 35.5. The molecule has 3 aromatic carbocycles. The molecule has 0 aliphatic heterocycles. The monoisotopic (exact) mass is 583 g/mol. The molecule has 9 heteroatoms. The number of nitrogens with one attached hydrogen (secondary N) is 1. The van der Waals surface area contributed by atoms with E-state index >= 15 is 0 Å². The molecule has 0 saturated heterocycles. The van der Waals surface area contributed by atoms with Gasteiger partial charge >= 0.3 is 0 Å². The number of amides is 2. The minimum Gasteiger partial charge on any atom is -0.352 e. The fraction of sp³-hybridized carbons (Fsp3) is 0.355. The molecule has 0 spiro atoms. The predicted octanol–water partition coefficient (Wildman–Crippen LogP) is 5.39. The molecule has 0 aliphatic carbocycles. The zero-order chi connectivity index (χ0) is 29.4. The third-order valence-corrected chi connectivity index (χ3v) is 7.85. The van der Waals surface area contributed by atoms with E-state index in [9.17, 15) is 18.0 Å². The fourth-order valence-electron chi connectivity index (χ4n) is 4.41. The molecule has 0 radical (unpaired) electrons. The average molecular weight is 584 g/mol. The largest absolute Gasteiger partial charge is 0.352 e. The molecule has 0 heterocycles. The number of hydrogen-bond donors (Lipinski definition) is 1. The first-order chi connectivity index (χ1) is 18.8. The normalized spacial score (nSPS) is 12.3. The van der Waals surface area contributed by atoms with Crippen LogP contribution in [0.2, 0.25) is 5.02 Å². The molecular weight excluding hydrogens is 546 g/mol. The first kappa shape index (κ1) is 31.2. The summed E-state index contributed by atoms with van der Waals surface area (Å²) in [5.74, 6) is -0.548. The maximum Gasteiger partial charge on any atom is 0.244 e. The van der Waals surface area contributed by atoms with Crippen molar-refractivity contribution in [3.8, 4) is 0 Å².